The van der Waals surface area contributed by atoms with E-state index in [-0.39, 0.29) is 16.8 Å². The molecule has 0 unspecified atom stereocenters. The maximum Gasteiger partial charge on any atom is 0.561 e. The number of nitrogens with zero attached hydrogens (tertiary/aromatic N) is 1. The van der Waals surface area contributed by atoms with Gasteiger partial charge < -0.3 is 24.6 Å². The van der Waals surface area contributed by atoms with Gasteiger partial charge in [0.25, 0.3) is 0 Å². The Kier molecular flexibility index (Phi) is 5.08. The predicted octanol–water partition coefficient (Wildman–Crippen LogP) is 0.135. The molecule has 0 aliphatic carbocycles. The number of hydrogen-bond donors (Lipinski definition) is 3. The van der Waals surface area contributed by atoms with Crippen LogP contribution >= 0.6 is 0 Å². The van der Waals surface area contributed by atoms with E-state index in [4.69, 9.17) is 14.7 Å². The molecule has 0 aromatic heterocycles. The van der Waals surface area contributed by atoms with E-state index < -0.39 is 26.0 Å². The first kappa shape index (κ1) is 17.5. The minimum Gasteiger partial charge on any atom is -0.520 e. The molecule has 0 atom stereocenters. The van der Waals surface area contributed by atoms with Crippen LogP contribution < -0.4 is 5.46 Å². The topological polar surface area (TPSA) is 73.2 Å². The van der Waals surface area contributed by atoms with Crippen LogP contribution in [0.3, 0.4) is 0 Å². The lowest BCUT2D eigenvalue weighted by Gasteiger charge is -2.27. The molecule has 0 spiro atoms. The number of likely N-dealkylation sites (N-methyl/N-ethyl adjacent to an activating group) is 1. The van der Waals surface area contributed by atoms with Gasteiger partial charge in [-0.25, -0.2) is 0 Å². The molecule has 2 rings (SSSR count). The van der Waals surface area contributed by atoms with E-state index >= 15 is 0 Å². The maximum absolute atomic E-state index is 12.5. The molecular weight excluding hydrogens is 313 g/mol. The van der Waals surface area contributed by atoms with E-state index in [0.29, 0.717) is 6.54 Å². The summed E-state index contributed by atoms with van der Waals surface area (Å²) in [6.45, 7) is 0.332. The van der Waals surface area contributed by atoms with Crippen molar-refractivity contribution in [2.45, 2.75) is 6.18 Å². The van der Waals surface area contributed by atoms with Crippen LogP contribution in [0.15, 0.2) is 47.8 Å². The summed E-state index contributed by atoms with van der Waals surface area (Å²) < 4.78 is 42.8. The first-order valence-electron chi connectivity index (χ1n) is 6.69. The fraction of sp³-hybridized carbons (Fsp3) is 0.231. The fourth-order valence-electron chi connectivity index (χ4n) is 1.97. The zero-order valence-electron chi connectivity index (χ0n) is 12.2. The Labute approximate surface area is 131 Å². The SMILES string of the molecule is CN1CC=C(B(O)O)C=C1OB(O)c1ccc(C(F)(F)F)cc1. The van der Waals surface area contributed by atoms with Crippen LogP contribution in [-0.2, 0) is 10.8 Å². The van der Waals surface area contributed by atoms with Crippen LogP contribution in [0.5, 0.6) is 0 Å². The third-order valence-corrected chi connectivity index (χ3v) is 3.32. The molecule has 1 aliphatic heterocycles. The number of allylic oxidation sites excluding steroid dienone is 2. The Bertz CT molecular complexity index is 617. The molecule has 0 radical (unpaired) electrons. The standard InChI is InChI=1S/C13H14B2F3NO4/c1-19-7-6-11(14(20)21)8-12(19)23-15(22)10-4-2-9(3-5-10)13(16,17)18/h2-6,8,20-22H,7H2,1H3. The van der Waals surface area contributed by atoms with Crippen LogP contribution in [0, 0.1) is 0 Å². The summed E-state index contributed by atoms with van der Waals surface area (Å²) in [4.78, 5) is 1.60. The fourth-order valence-corrected chi connectivity index (χ4v) is 1.97. The molecule has 0 saturated heterocycles. The second kappa shape index (κ2) is 6.69. The van der Waals surface area contributed by atoms with Gasteiger partial charge in [-0.3, -0.25) is 0 Å². The van der Waals surface area contributed by atoms with Crippen molar-refractivity contribution in [3.05, 3.63) is 53.3 Å². The maximum atomic E-state index is 12.5. The van der Waals surface area contributed by atoms with E-state index in [0.717, 1.165) is 24.3 Å². The lowest BCUT2D eigenvalue weighted by molar-refractivity contribution is -0.137. The molecule has 1 aromatic carbocycles. The first-order chi connectivity index (χ1) is 10.7. The van der Waals surface area contributed by atoms with Crippen LogP contribution in [0.1, 0.15) is 5.56 Å². The molecule has 1 heterocycles. The highest BCUT2D eigenvalue weighted by Gasteiger charge is 2.31. The second-order valence-corrected chi connectivity index (χ2v) is 5.03. The summed E-state index contributed by atoms with van der Waals surface area (Å²) >= 11 is 0. The largest absolute Gasteiger partial charge is 0.561 e. The van der Waals surface area contributed by atoms with Gasteiger partial charge in [0, 0.05) is 13.6 Å². The molecule has 0 saturated carbocycles. The lowest BCUT2D eigenvalue weighted by atomic mass is 9.77. The van der Waals surface area contributed by atoms with Crippen LogP contribution in [-0.4, -0.2) is 47.8 Å². The Balaban J connectivity index is 2.12. The van der Waals surface area contributed by atoms with E-state index in [2.05, 4.69) is 0 Å². The molecule has 0 amide bonds. The molecule has 10 heteroatoms. The van der Waals surface area contributed by atoms with Crippen molar-refractivity contribution in [3.63, 3.8) is 0 Å². The van der Waals surface area contributed by atoms with Crippen molar-refractivity contribution < 1.29 is 32.9 Å². The van der Waals surface area contributed by atoms with Crippen molar-refractivity contribution in [2.75, 3.05) is 13.6 Å². The van der Waals surface area contributed by atoms with E-state index in [1.54, 1.807) is 18.0 Å². The number of hydrogen-bond acceptors (Lipinski definition) is 5. The van der Waals surface area contributed by atoms with Crippen molar-refractivity contribution in [3.8, 4) is 0 Å². The smallest absolute Gasteiger partial charge is 0.520 e. The van der Waals surface area contributed by atoms with Gasteiger partial charge in [0.05, 0.1) is 5.56 Å². The van der Waals surface area contributed by atoms with Crippen molar-refractivity contribution >= 4 is 19.7 Å². The van der Waals surface area contributed by atoms with Crippen molar-refractivity contribution in [1.29, 1.82) is 0 Å². The van der Waals surface area contributed by atoms with E-state index in [9.17, 15) is 18.2 Å². The summed E-state index contributed by atoms with van der Waals surface area (Å²) in [6, 6.07) is 3.94. The predicted molar refractivity (Wildman–Crippen MR) is 79.1 cm³/mol. The number of halogens is 3. The molecule has 0 fully saturated rings. The van der Waals surface area contributed by atoms with Crippen molar-refractivity contribution in [1.82, 2.24) is 4.90 Å². The van der Waals surface area contributed by atoms with Crippen LogP contribution in [0.2, 0.25) is 0 Å². The molecule has 0 bridgehead atoms. The molecule has 5 nitrogen and oxygen atoms in total. The summed E-state index contributed by atoms with van der Waals surface area (Å²) in [6.07, 6.45) is -1.54. The van der Waals surface area contributed by atoms with Gasteiger partial charge in [-0.05, 0) is 17.0 Å². The molecule has 1 aliphatic rings. The van der Waals surface area contributed by atoms with Crippen molar-refractivity contribution in [2.24, 2.45) is 0 Å². The first-order valence-corrected chi connectivity index (χ1v) is 6.69. The van der Waals surface area contributed by atoms with Crippen LogP contribution in [0.4, 0.5) is 13.2 Å². The van der Waals surface area contributed by atoms with Gasteiger partial charge in [0.1, 0.15) is 0 Å². The van der Waals surface area contributed by atoms with Gasteiger partial charge in [-0.15, -0.1) is 0 Å². The third-order valence-electron chi connectivity index (χ3n) is 3.32. The normalized spacial score (nSPS) is 15.0. The summed E-state index contributed by atoms with van der Waals surface area (Å²) in [7, 11) is -1.51. The molecule has 3 N–H and O–H groups in total. The lowest BCUT2D eigenvalue weighted by Crippen LogP contribution is -2.37. The zero-order chi connectivity index (χ0) is 17.2. The highest BCUT2D eigenvalue weighted by molar-refractivity contribution is 6.60. The highest BCUT2D eigenvalue weighted by atomic mass is 19.4. The quantitative estimate of drug-likeness (QED) is 0.686. The summed E-state index contributed by atoms with van der Waals surface area (Å²) in [5, 5.41) is 28.3. The Morgan fingerprint density at radius 1 is 1.13 bits per heavy atom. The van der Waals surface area contributed by atoms with Gasteiger partial charge >= 0.3 is 20.4 Å². The number of alkyl halides is 3. The number of benzene rings is 1. The summed E-state index contributed by atoms with van der Waals surface area (Å²) in [5.41, 5.74) is -0.471. The monoisotopic (exact) mass is 327 g/mol. The molecule has 23 heavy (non-hydrogen) atoms. The molecular formula is C13H14B2F3NO4. The third kappa shape index (κ3) is 4.31. The average molecular weight is 327 g/mol. The van der Waals surface area contributed by atoms with Gasteiger partial charge in [-0.2, -0.15) is 13.2 Å². The molecule has 1 aromatic rings. The zero-order valence-corrected chi connectivity index (χ0v) is 12.2. The highest BCUT2D eigenvalue weighted by Crippen LogP contribution is 2.28. The van der Waals surface area contributed by atoms with E-state index in [1.165, 1.54) is 6.08 Å². The van der Waals surface area contributed by atoms with Gasteiger partial charge in [0.15, 0.2) is 5.88 Å². The van der Waals surface area contributed by atoms with Gasteiger partial charge in [0.2, 0.25) is 0 Å². The number of rotatable bonds is 4. The van der Waals surface area contributed by atoms with Crippen LogP contribution in [0.25, 0.3) is 0 Å². The molecule has 122 valence electrons. The average Bonchev–Trinajstić information content (AvgIpc) is 2.48. The van der Waals surface area contributed by atoms with Gasteiger partial charge in [-0.1, -0.05) is 30.3 Å². The Morgan fingerprint density at radius 2 is 1.74 bits per heavy atom. The Hall–Kier alpha value is -1.90. The Morgan fingerprint density at radius 3 is 2.26 bits per heavy atom. The minimum atomic E-state index is -4.45. The van der Waals surface area contributed by atoms with E-state index in [1.807, 2.05) is 0 Å². The minimum absolute atomic E-state index is 0.146. The second-order valence-electron chi connectivity index (χ2n) is 5.03. The summed E-state index contributed by atoms with van der Waals surface area (Å²) in [5.74, 6) is 0.169.